The quantitative estimate of drug-likeness (QED) is 0.810. The van der Waals surface area contributed by atoms with E-state index >= 15 is 0 Å². The second kappa shape index (κ2) is 8.36. The Bertz CT molecular complexity index is 374. The fraction of sp³-hybridized carbons (Fsp3) is 0.875. The molecule has 6 heteroatoms. The Labute approximate surface area is 133 Å². The molecule has 0 saturated carbocycles. The number of hydrogen-bond acceptors (Lipinski definition) is 3. The van der Waals surface area contributed by atoms with E-state index in [9.17, 15) is 9.59 Å². The van der Waals surface area contributed by atoms with Gasteiger partial charge in [0.25, 0.3) is 0 Å². The molecule has 22 heavy (non-hydrogen) atoms. The summed E-state index contributed by atoms with van der Waals surface area (Å²) < 4.78 is 0. The van der Waals surface area contributed by atoms with Gasteiger partial charge in [-0.25, -0.2) is 4.79 Å². The van der Waals surface area contributed by atoms with Crippen LogP contribution >= 0.6 is 0 Å². The summed E-state index contributed by atoms with van der Waals surface area (Å²) in [6.45, 7) is 9.52. The fourth-order valence-corrected chi connectivity index (χ4v) is 3.41. The highest BCUT2D eigenvalue weighted by atomic mass is 16.2. The number of nitrogens with one attached hydrogen (secondary N) is 2. The van der Waals surface area contributed by atoms with Crippen molar-refractivity contribution < 1.29 is 9.59 Å². The minimum atomic E-state index is -0.0160. The lowest BCUT2D eigenvalue weighted by atomic mass is 9.84. The third kappa shape index (κ3) is 4.60. The van der Waals surface area contributed by atoms with Gasteiger partial charge in [-0.15, -0.1) is 0 Å². The lowest BCUT2D eigenvalue weighted by molar-refractivity contribution is -0.134. The van der Waals surface area contributed by atoms with Crippen molar-refractivity contribution in [2.24, 2.45) is 11.8 Å². The first-order valence-corrected chi connectivity index (χ1v) is 8.63. The molecule has 1 atom stereocenters. The zero-order valence-electron chi connectivity index (χ0n) is 13.9. The Morgan fingerprint density at radius 3 is 2.32 bits per heavy atom. The summed E-state index contributed by atoms with van der Waals surface area (Å²) in [5, 5.41) is 6.19. The Morgan fingerprint density at radius 1 is 1.14 bits per heavy atom. The maximum absolute atomic E-state index is 12.4. The zero-order valence-corrected chi connectivity index (χ0v) is 13.9. The summed E-state index contributed by atoms with van der Waals surface area (Å²) in [5.74, 6) is 1.37. The van der Waals surface area contributed by atoms with Crippen LogP contribution in [0.2, 0.25) is 0 Å². The molecule has 3 amide bonds. The first kappa shape index (κ1) is 17.1. The number of piperazine rings is 1. The van der Waals surface area contributed by atoms with Crippen LogP contribution in [0, 0.1) is 11.8 Å². The van der Waals surface area contributed by atoms with Crippen LogP contribution in [0.5, 0.6) is 0 Å². The van der Waals surface area contributed by atoms with Crippen LogP contribution in [-0.2, 0) is 4.79 Å². The van der Waals surface area contributed by atoms with Crippen molar-refractivity contribution in [3.63, 3.8) is 0 Å². The highest BCUT2D eigenvalue weighted by molar-refractivity contribution is 5.77. The van der Waals surface area contributed by atoms with Crippen molar-refractivity contribution in [1.82, 2.24) is 20.4 Å². The van der Waals surface area contributed by atoms with Crippen molar-refractivity contribution in [1.29, 1.82) is 0 Å². The van der Waals surface area contributed by atoms with E-state index in [0.717, 1.165) is 13.1 Å². The molecule has 0 bridgehead atoms. The summed E-state index contributed by atoms with van der Waals surface area (Å²) in [4.78, 5) is 27.9. The minimum Gasteiger partial charge on any atom is -0.339 e. The molecule has 0 aromatic carbocycles. The van der Waals surface area contributed by atoms with Crippen LogP contribution in [0.15, 0.2) is 0 Å². The molecule has 0 radical (unpaired) electrons. The molecule has 2 heterocycles. The topological polar surface area (TPSA) is 64.7 Å². The van der Waals surface area contributed by atoms with E-state index < -0.39 is 0 Å². The molecule has 126 valence electrons. The summed E-state index contributed by atoms with van der Waals surface area (Å²) in [6, 6.07) is -0.0160. The van der Waals surface area contributed by atoms with E-state index in [1.807, 2.05) is 11.8 Å². The molecule has 0 spiro atoms. The number of piperidine rings is 1. The lowest BCUT2D eigenvalue weighted by Crippen LogP contribution is -2.53. The van der Waals surface area contributed by atoms with E-state index in [2.05, 4.69) is 17.6 Å². The fourth-order valence-electron chi connectivity index (χ4n) is 3.41. The van der Waals surface area contributed by atoms with E-state index in [0.29, 0.717) is 51.0 Å². The smallest absolute Gasteiger partial charge is 0.317 e. The monoisotopic (exact) mass is 310 g/mol. The second-order valence-corrected chi connectivity index (χ2v) is 6.47. The number of carbonyl (C=O) groups is 2. The van der Waals surface area contributed by atoms with Gasteiger partial charge in [-0.3, -0.25) is 4.79 Å². The SMILES string of the molecule is CCNC(=O)N1CCN(C(=O)CC(C)C2CCNCC2)CC1. The second-order valence-electron chi connectivity index (χ2n) is 6.47. The standard InChI is InChI=1S/C16H30N4O2/c1-3-18-16(22)20-10-8-19(9-11-20)15(21)12-13(2)14-4-6-17-7-5-14/h13-14,17H,3-12H2,1-2H3,(H,18,22). The van der Waals surface area contributed by atoms with Gasteiger partial charge in [-0.2, -0.15) is 0 Å². The summed E-state index contributed by atoms with van der Waals surface area (Å²) in [5.41, 5.74) is 0. The van der Waals surface area contributed by atoms with Gasteiger partial charge in [0, 0.05) is 39.1 Å². The van der Waals surface area contributed by atoms with Gasteiger partial charge < -0.3 is 20.4 Å². The van der Waals surface area contributed by atoms with Gasteiger partial charge >= 0.3 is 6.03 Å². The Kier molecular flexibility index (Phi) is 6.49. The summed E-state index contributed by atoms with van der Waals surface area (Å²) >= 11 is 0. The molecule has 2 saturated heterocycles. The minimum absolute atomic E-state index is 0.0160. The molecule has 2 fully saturated rings. The van der Waals surface area contributed by atoms with Gasteiger partial charge in [-0.05, 0) is 44.7 Å². The van der Waals surface area contributed by atoms with Crippen molar-refractivity contribution in [2.75, 3.05) is 45.8 Å². The average molecular weight is 310 g/mol. The van der Waals surface area contributed by atoms with Crippen molar-refractivity contribution in [3.8, 4) is 0 Å². The highest BCUT2D eigenvalue weighted by Crippen LogP contribution is 2.25. The van der Waals surface area contributed by atoms with Crippen molar-refractivity contribution in [2.45, 2.75) is 33.1 Å². The van der Waals surface area contributed by atoms with E-state index in [-0.39, 0.29) is 11.9 Å². The van der Waals surface area contributed by atoms with Crippen molar-refractivity contribution in [3.05, 3.63) is 0 Å². The van der Waals surface area contributed by atoms with Crippen LogP contribution in [0.4, 0.5) is 4.79 Å². The third-order valence-electron chi connectivity index (χ3n) is 4.93. The van der Waals surface area contributed by atoms with Gasteiger partial charge in [0.1, 0.15) is 0 Å². The first-order chi connectivity index (χ1) is 10.6. The number of urea groups is 1. The van der Waals surface area contributed by atoms with E-state index in [1.165, 1.54) is 12.8 Å². The molecular weight excluding hydrogens is 280 g/mol. The number of amides is 3. The third-order valence-corrected chi connectivity index (χ3v) is 4.93. The van der Waals surface area contributed by atoms with E-state index in [4.69, 9.17) is 0 Å². The molecule has 2 aliphatic heterocycles. The molecular formula is C16H30N4O2. The number of hydrogen-bond donors (Lipinski definition) is 2. The van der Waals surface area contributed by atoms with Crippen LogP contribution in [0.3, 0.4) is 0 Å². The predicted octanol–water partition coefficient (Wildman–Crippen LogP) is 0.886. The van der Waals surface area contributed by atoms with Crippen LogP contribution in [-0.4, -0.2) is 67.6 Å². The molecule has 1 unspecified atom stereocenters. The molecule has 6 nitrogen and oxygen atoms in total. The molecule has 0 aromatic heterocycles. The van der Waals surface area contributed by atoms with Crippen molar-refractivity contribution >= 4 is 11.9 Å². The Morgan fingerprint density at radius 2 is 1.73 bits per heavy atom. The number of carbonyl (C=O) groups excluding carboxylic acids is 2. The maximum Gasteiger partial charge on any atom is 0.317 e. The normalized spacial score (nSPS) is 21.5. The first-order valence-electron chi connectivity index (χ1n) is 8.63. The summed E-state index contributed by atoms with van der Waals surface area (Å²) in [7, 11) is 0. The lowest BCUT2D eigenvalue weighted by Gasteiger charge is -2.36. The van der Waals surface area contributed by atoms with Gasteiger partial charge in [0.05, 0.1) is 0 Å². The number of rotatable bonds is 4. The Hall–Kier alpha value is -1.30. The maximum atomic E-state index is 12.4. The van der Waals surface area contributed by atoms with Gasteiger partial charge in [0.2, 0.25) is 5.91 Å². The van der Waals surface area contributed by atoms with Gasteiger partial charge in [-0.1, -0.05) is 6.92 Å². The molecule has 0 aliphatic carbocycles. The van der Waals surface area contributed by atoms with Gasteiger partial charge in [0.15, 0.2) is 0 Å². The molecule has 2 aliphatic rings. The van der Waals surface area contributed by atoms with E-state index in [1.54, 1.807) is 4.90 Å². The summed E-state index contributed by atoms with van der Waals surface area (Å²) in [6.07, 6.45) is 3.00. The largest absolute Gasteiger partial charge is 0.339 e. The van der Waals surface area contributed by atoms with Crippen LogP contribution in [0.1, 0.15) is 33.1 Å². The molecule has 2 N–H and O–H groups in total. The molecule has 0 aromatic rings. The number of nitrogens with zero attached hydrogens (tertiary/aromatic N) is 2. The predicted molar refractivity (Wildman–Crippen MR) is 86.6 cm³/mol. The zero-order chi connectivity index (χ0) is 15.9. The Balaban J connectivity index is 1.73. The molecule has 2 rings (SSSR count). The van der Waals surface area contributed by atoms with Crippen LogP contribution < -0.4 is 10.6 Å². The average Bonchev–Trinajstić information content (AvgIpc) is 2.56. The van der Waals surface area contributed by atoms with Crippen LogP contribution in [0.25, 0.3) is 0 Å². The highest BCUT2D eigenvalue weighted by Gasteiger charge is 2.27.